The van der Waals surface area contributed by atoms with E-state index in [9.17, 15) is 9.18 Å². The fraction of sp³-hybridized carbons (Fsp3) is 0.167. The molecule has 0 fully saturated rings. The topological polar surface area (TPSA) is 79.0 Å². The SMILES string of the molecule is CC1(C)Cc2c(c(C(=O)Nc3ccccc3F)cc3[nH]c(Nc4c(Cl)cccc4Cl)nc23)O1. The summed E-state index contributed by atoms with van der Waals surface area (Å²) in [5.74, 6) is -0.141. The van der Waals surface area contributed by atoms with Crippen molar-refractivity contribution < 1.29 is 13.9 Å². The van der Waals surface area contributed by atoms with E-state index in [0.29, 0.717) is 44.9 Å². The summed E-state index contributed by atoms with van der Waals surface area (Å²) in [5.41, 5.74) is 2.47. The van der Waals surface area contributed by atoms with Crippen LogP contribution in [-0.4, -0.2) is 21.5 Å². The third-order valence-corrected chi connectivity index (χ3v) is 6.01. The molecule has 33 heavy (non-hydrogen) atoms. The summed E-state index contributed by atoms with van der Waals surface area (Å²) >= 11 is 12.5. The van der Waals surface area contributed by atoms with Crippen LogP contribution in [-0.2, 0) is 6.42 Å². The highest BCUT2D eigenvalue weighted by molar-refractivity contribution is 6.39. The molecule has 0 atom stereocenters. The van der Waals surface area contributed by atoms with Gasteiger partial charge in [-0.15, -0.1) is 0 Å². The van der Waals surface area contributed by atoms with E-state index in [1.807, 2.05) is 13.8 Å². The minimum atomic E-state index is -0.526. The number of H-pyrrole nitrogens is 1. The van der Waals surface area contributed by atoms with E-state index in [1.54, 1.807) is 36.4 Å². The lowest BCUT2D eigenvalue weighted by Crippen LogP contribution is -2.25. The van der Waals surface area contributed by atoms with Crippen LogP contribution in [0.3, 0.4) is 0 Å². The molecule has 3 N–H and O–H groups in total. The number of nitrogens with zero attached hydrogens (tertiary/aromatic N) is 1. The number of rotatable bonds is 4. The average molecular weight is 485 g/mol. The molecule has 0 aliphatic carbocycles. The Morgan fingerprint density at radius 1 is 1.15 bits per heavy atom. The largest absolute Gasteiger partial charge is 0.486 e. The van der Waals surface area contributed by atoms with Gasteiger partial charge in [0.25, 0.3) is 5.91 Å². The molecule has 1 aliphatic heterocycles. The van der Waals surface area contributed by atoms with Gasteiger partial charge in [-0.25, -0.2) is 9.37 Å². The molecule has 3 aromatic carbocycles. The summed E-state index contributed by atoms with van der Waals surface area (Å²) in [7, 11) is 0. The highest BCUT2D eigenvalue weighted by Crippen LogP contribution is 2.43. The highest BCUT2D eigenvalue weighted by atomic mass is 35.5. The Morgan fingerprint density at radius 2 is 1.88 bits per heavy atom. The number of aromatic nitrogens is 2. The second-order valence-corrected chi connectivity index (χ2v) is 9.22. The van der Waals surface area contributed by atoms with Crippen molar-refractivity contribution in [2.45, 2.75) is 25.9 Å². The molecule has 4 aromatic rings. The number of carbonyl (C=O) groups excluding carboxylic acids is 1. The molecular formula is C24H19Cl2FN4O2. The van der Waals surface area contributed by atoms with Crippen molar-refractivity contribution in [2.75, 3.05) is 10.6 Å². The zero-order chi connectivity index (χ0) is 23.3. The molecule has 0 saturated heterocycles. The summed E-state index contributed by atoms with van der Waals surface area (Å²) in [6.07, 6.45) is 0.552. The van der Waals surface area contributed by atoms with Crippen LogP contribution in [0.15, 0.2) is 48.5 Å². The van der Waals surface area contributed by atoms with Crippen LogP contribution < -0.4 is 15.4 Å². The van der Waals surface area contributed by atoms with Gasteiger partial charge in [-0.2, -0.15) is 0 Å². The molecule has 1 aliphatic rings. The first-order chi connectivity index (χ1) is 15.7. The molecule has 0 bridgehead atoms. The quantitative estimate of drug-likeness (QED) is 0.300. The highest BCUT2D eigenvalue weighted by Gasteiger charge is 2.36. The Hall–Kier alpha value is -3.29. The van der Waals surface area contributed by atoms with Gasteiger partial charge in [-0.3, -0.25) is 4.79 Å². The van der Waals surface area contributed by atoms with E-state index in [0.717, 1.165) is 5.56 Å². The van der Waals surface area contributed by atoms with Gasteiger partial charge in [0.1, 0.15) is 17.2 Å². The number of para-hydroxylation sites is 2. The van der Waals surface area contributed by atoms with Crippen molar-refractivity contribution >= 4 is 57.5 Å². The van der Waals surface area contributed by atoms with Crippen LogP contribution in [0.1, 0.15) is 29.8 Å². The third kappa shape index (κ3) is 3.98. The fourth-order valence-corrected chi connectivity index (χ4v) is 4.43. The second kappa shape index (κ2) is 7.93. The van der Waals surface area contributed by atoms with Crippen LogP contribution >= 0.6 is 23.2 Å². The van der Waals surface area contributed by atoms with Crippen LogP contribution in [0.4, 0.5) is 21.7 Å². The van der Waals surface area contributed by atoms with Gasteiger partial charge in [-0.05, 0) is 44.2 Å². The lowest BCUT2D eigenvalue weighted by molar-refractivity contribution is 0.101. The van der Waals surface area contributed by atoms with Gasteiger partial charge < -0.3 is 20.4 Å². The fourth-order valence-electron chi connectivity index (χ4n) is 3.94. The van der Waals surface area contributed by atoms with Crippen LogP contribution in [0.5, 0.6) is 5.75 Å². The van der Waals surface area contributed by atoms with Crippen LogP contribution in [0.25, 0.3) is 11.0 Å². The van der Waals surface area contributed by atoms with E-state index >= 15 is 0 Å². The normalized spacial score (nSPS) is 14.1. The van der Waals surface area contributed by atoms with Crippen LogP contribution in [0, 0.1) is 5.82 Å². The lowest BCUT2D eigenvalue weighted by Gasteiger charge is -2.18. The Labute approximate surface area is 199 Å². The van der Waals surface area contributed by atoms with E-state index in [4.69, 9.17) is 27.9 Å². The number of fused-ring (bicyclic) bond motifs is 3. The Balaban J connectivity index is 1.58. The molecule has 0 saturated carbocycles. The van der Waals surface area contributed by atoms with Gasteiger partial charge in [0.05, 0.1) is 38.0 Å². The molecule has 168 valence electrons. The lowest BCUT2D eigenvalue weighted by atomic mass is 9.98. The minimum absolute atomic E-state index is 0.0916. The maximum absolute atomic E-state index is 14.1. The van der Waals surface area contributed by atoms with E-state index in [2.05, 4.69) is 20.6 Å². The number of ether oxygens (including phenoxy) is 1. The summed E-state index contributed by atoms with van der Waals surface area (Å²) in [4.78, 5) is 21.0. The number of aromatic amines is 1. The standard InChI is InChI=1S/C24H19Cl2FN4O2/c1-24(2)11-13-19-18(29-23(30-19)31-20-14(25)6-5-7-15(20)26)10-12(21(13)33-24)22(32)28-17-9-4-3-8-16(17)27/h3-10H,11H2,1-2H3,(H,28,32)(H2,29,30,31). The molecule has 1 amide bonds. The van der Waals surface area contributed by atoms with Gasteiger partial charge in [-0.1, -0.05) is 41.4 Å². The number of imidazole rings is 1. The van der Waals surface area contributed by atoms with E-state index in [-0.39, 0.29) is 11.3 Å². The van der Waals surface area contributed by atoms with Gasteiger partial charge in [0.2, 0.25) is 5.95 Å². The molecule has 1 aromatic heterocycles. The molecule has 5 rings (SSSR count). The number of carbonyl (C=O) groups is 1. The summed E-state index contributed by atoms with van der Waals surface area (Å²) in [5, 5.41) is 6.64. The predicted octanol–water partition coefficient (Wildman–Crippen LogP) is 6.72. The smallest absolute Gasteiger partial charge is 0.259 e. The molecule has 9 heteroatoms. The summed E-state index contributed by atoms with van der Waals surface area (Å²) < 4.78 is 20.2. The van der Waals surface area contributed by atoms with Gasteiger partial charge in [0, 0.05) is 12.0 Å². The van der Waals surface area contributed by atoms with Gasteiger partial charge >= 0.3 is 0 Å². The van der Waals surface area contributed by atoms with Crippen molar-refractivity contribution in [1.82, 2.24) is 9.97 Å². The first-order valence-corrected chi connectivity index (χ1v) is 11.0. The Bertz CT molecular complexity index is 1400. The molecule has 0 radical (unpaired) electrons. The molecule has 0 unspecified atom stereocenters. The number of nitrogens with one attached hydrogen (secondary N) is 3. The first-order valence-electron chi connectivity index (χ1n) is 10.2. The maximum Gasteiger partial charge on any atom is 0.259 e. The van der Waals surface area contributed by atoms with E-state index in [1.165, 1.54) is 12.1 Å². The maximum atomic E-state index is 14.1. The average Bonchev–Trinajstić information content (AvgIpc) is 3.31. The predicted molar refractivity (Wildman–Crippen MR) is 129 cm³/mol. The second-order valence-electron chi connectivity index (χ2n) is 8.41. The number of halogens is 3. The zero-order valence-corrected chi connectivity index (χ0v) is 19.2. The Kier molecular flexibility index (Phi) is 5.18. The van der Waals surface area contributed by atoms with Crippen molar-refractivity contribution in [2.24, 2.45) is 0 Å². The first kappa shape index (κ1) is 21.6. The number of amides is 1. The van der Waals surface area contributed by atoms with Crippen molar-refractivity contribution in [3.05, 3.63) is 75.5 Å². The zero-order valence-electron chi connectivity index (χ0n) is 17.7. The number of hydrogen-bond acceptors (Lipinski definition) is 4. The molecule has 0 spiro atoms. The minimum Gasteiger partial charge on any atom is -0.486 e. The third-order valence-electron chi connectivity index (χ3n) is 5.38. The number of anilines is 3. The molecule has 2 heterocycles. The Morgan fingerprint density at radius 3 is 2.61 bits per heavy atom. The molecular weight excluding hydrogens is 466 g/mol. The van der Waals surface area contributed by atoms with E-state index < -0.39 is 17.3 Å². The van der Waals surface area contributed by atoms with Crippen molar-refractivity contribution in [3.8, 4) is 5.75 Å². The monoisotopic (exact) mass is 484 g/mol. The number of benzene rings is 3. The van der Waals surface area contributed by atoms with Crippen LogP contribution in [0.2, 0.25) is 10.0 Å². The van der Waals surface area contributed by atoms with Gasteiger partial charge in [0.15, 0.2) is 0 Å². The summed E-state index contributed by atoms with van der Waals surface area (Å²) in [6, 6.07) is 12.8. The number of hydrogen-bond donors (Lipinski definition) is 3. The summed E-state index contributed by atoms with van der Waals surface area (Å²) in [6.45, 7) is 3.87. The molecule has 6 nitrogen and oxygen atoms in total. The van der Waals surface area contributed by atoms with Crippen molar-refractivity contribution in [1.29, 1.82) is 0 Å². The van der Waals surface area contributed by atoms with Crippen molar-refractivity contribution in [3.63, 3.8) is 0 Å².